The van der Waals surface area contributed by atoms with Crippen molar-refractivity contribution in [2.45, 2.75) is 0 Å². The minimum absolute atomic E-state index is 0. The molecule has 0 saturated carbocycles. The highest BCUT2D eigenvalue weighted by molar-refractivity contribution is 5.85. The van der Waals surface area contributed by atoms with E-state index in [9.17, 15) is 0 Å². The standard InChI is InChI=1S/C2H7NO3.ClH/c4-2-1-3(5)6;/h4-6H,1-2H2;1H. The van der Waals surface area contributed by atoms with Gasteiger partial charge in [-0.3, -0.25) is 10.4 Å². The van der Waals surface area contributed by atoms with Gasteiger partial charge in [-0.15, -0.1) is 12.4 Å². The van der Waals surface area contributed by atoms with Crippen LogP contribution in [0.3, 0.4) is 0 Å². The molecule has 3 N–H and O–H groups in total. The predicted octanol–water partition coefficient (Wildman–Crippen LogP) is -0.519. The molecule has 0 unspecified atom stereocenters. The first-order valence-electron chi connectivity index (χ1n) is 1.53. The molecule has 0 aromatic carbocycles. The summed E-state index contributed by atoms with van der Waals surface area (Å²) in [5, 5.41) is 23.4. The lowest BCUT2D eigenvalue weighted by molar-refractivity contribution is -0.309. The van der Waals surface area contributed by atoms with Crippen molar-refractivity contribution in [3.63, 3.8) is 0 Å². The number of hydroxylamine groups is 2. The van der Waals surface area contributed by atoms with Gasteiger partial charge >= 0.3 is 0 Å². The lowest BCUT2D eigenvalue weighted by atomic mass is 10.7. The van der Waals surface area contributed by atoms with E-state index in [-0.39, 0.29) is 30.8 Å². The Morgan fingerprint density at radius 1 is 1.29 bits per heavy atom. The minimum atomic E-state index is -0.243. The van der Waals surface area contributed by atoms with Crippen LogP contribution in [0.5, 0.6) is 0 Å². The van der Waals surface area contributed by atoms with E-state index in [1.807, 2.05) is 0 Å². The van der Waals surface area contributed by atoms with Gasteiger partial charge in [-0.25, -0.2) is 0 Å². The predicted molar refractivity (Wildman–Crippen MR) is 24.6 cm³/mol. The topological polar surface area (TPSA) is 63.9 Å². The average molecular weight is 130 g/mol. The Kier molecular flexibility index (Phi) is 8.92. The Bertz CT molecular complexity index is 34.1. The van der Waals surface area contributed by atoms with Crippen LogP contribution < -0.4 is 0 Å². The molecule has 0 amide bonds. The summed E-state index contributed by atoms with van der Waals surface area (Å²) >= 11 is 0. The molecule has 4 nitrogen and oxygen atoms in total. The molecule has 0 aliphatic rings. The van der Waals surface area contributed by atoms with E-state index in [2.05, 4.69) is 0 Å². The second kappa shape index (κ2) is 6.13. The van der Waals surface area contributed by atoms with E-state index in [1.165, 1.54) is 0 Å². The summed E-state index contributed by atoms with van der Waals surface area (Å²) in [6.45, 7) is -0.368. The maximum absolute atomic E-state index is 7.88. The van der Waals surface area contributed by atoms with E-state index in [0.29, 0.717) is 0 Å². The van der Waals surface area contributed by atoms with Crippen LogP contribution in [-0.2, 0) is 0 Å². The SMILES string of the molecule is Cl.OCCN(O)O. The molecule has 0 aromatic rings. The highest BCUT2D eigenvalue weighted by Crippen LogP contribution is 1.64. The van der Waals surface area contributed by atoms with Crippen LogP contribution in [0.4, 0.5) is 0 Å². The van der Waals surface area contributed by atoms with Crippen LogP contribution in [0, 0.1) is 0 Å². The van der Waals surface area contributed by atoms with E-state index < -0.39 is 0 Å². The van der Waals surface area contributed by atoms with Crippen molar-refractivity contribution in [3.05, 3.63) is 0 Å². The molecule has 0 heterocycles. The fourth-order valence-electron chi connectivity index (χ4n) is 0.0894. The maximum Gasteiger partial charge on any atom is 0.0744 e. The summed E-state index contributed by atoms with van der Waals surface area (Å²) in [5.41, 5.74) is 0. The normalized spacial score (nSPS) is 8.57. The Hall–Kier alpha value is 0.130. The second-order valence-corrected chi connectivity index (χ2v) is 0.819. The molecule has 0 bridgehead atoms. The van der Waals surface area contributed by atoms with Gasteiger partial charge in [0.15, 0.2) is 0 Å². The summed E-state index contributed by atoms with van der Waals surface area (Å²) in [4.78, 5) is 0. The second-order valence-electron chi connectivity index (χ2n) is 0.819. The number of nitrogens with zero attached hydrogens (tertiary/aromatic N) is 1. The van der Waals surface area contributed by atoms with Crippen LogP contribution in [0.25, 0.3) is 0 Å². The third-order valence-corrected chi connectivity index (χ3v) is 0.300. The average Bonchev–Trinajstić information content (AvgIpc) is 1.35. The molecule has 0 spiro atoms. The number of rotatable bonds is 2. The van der Waals surface area contributed by atoms with Crippen LogP contribution >= 0.6 is 12.4 Å². The Morgan fingerprint density at radius 3 is 1.71 bits per heavy atom. The Labute approximate surface area is 47.3 Å². The zero-order valence-electron chi connectivity index (χ0n) is 3.61. The third-order valence-electron chi connectivity index (χ3n) is 0.300. The summed E-state index contributed by atoms with van der Waals surface area (Å²) < 4.78 is 0. The molecule has 7 heavy (non-hydrogen) atoms. The van der Waals surface area contributed by atoms with Gasteiger partial charge in [-0.2, -0.15) is 0 Å². The fourth-order valence-corrected chi connectivity index (χ4v) is 0.0894. The number of hydrogen-bond acceptors (Lipinski definition) is 4. The largest absolute Gasteiger partial charge is 0.395 e. The van der Waals surface area contributed by atoms with Crippen molar-refractivity contribution in [1.29, 1.82) is 0 Å². The van der Waals surface area contributed by atoms with Gasteiger partial charge < -0.3 is 5.11 Å². The molecule has 0 atom stereocenters. The first-order chi connectivity index (χ1) is 2.77. The Balaban J connectivity index is 0. The Morgan fingerprint density at radius 2 is 1.71 bits per heavy atom. The van der Waals surface area contributed by atoms with Crippen molar-refractivity contribution in [2.75, 3.05) is 13.2 Å². The molecule has 5 heteroatoms. The molecule has 0 aliphatic heterocycles. The molecule has 0 rings (SSSR count). The van der Waals surface area contributed by atoms with Crippen molar-refractivity contribution < 1.29 is 15.5 Å². The summed E-state index contributed by atoms with van der Waals surface area (Å²) in [7, 11) is 0. The van der Waals surface area contributed by atoms with Gasteiger partial charge in [-0.05, 0) is 0 Å². The van der Waals surface area contributed by atoms with E-state index >= 15 is 0 Å². The van der Waals surface area contributed by atoms with Crippen LogP contribution in [0.2, 0.25) is 0 Å². The quantitative estimate of drug-likeness (QED) is 0.439. The van der Waals surface area contributed by atoms with Gasteiger partial charge in [-0.1, -0.05) is 5.23 Å². The lowest BCUT2D eigenvalue weighted by Crippen LogP contribution is -2.17. The summed E-state index contributed by atoms with van der Waals surface area (Å²) in [5.74, 6) is 0. The zero-order valence-corrected chi connectivity index (χ0v) is 4.43. The van der Waals surface area contributed by atoms with Crippen LogP contribution in [0.1, 0.15) is 0 Å². The number of halogens is 1. The van der Waals surface area contributed by atoms with Crippen molar-refractivity contribution >= 4 is 12.4 Å². The third kappa shape index (κ3) is 10.7. The number of hydrogen-bond donors (Lipinski definition) is 3. The highest BCUT2D eigenvalue weighted by Gasteiger charge is 1.85. The lowest BCUT2D eigenvalue weighted by Gasteiger charge is -1.98. The molecule has 0 saturated heterocycles. The maximum atomic E-state index is 7.88. The number of aliphatic hydroxyl groups excluding tert-OH is 1. The van der Waals surface area contributed by atoms with Gasteiger partial charge in [0.05, 0.1) is 13.2 Å². The van der Waals surface area contributed by atoms with Gasteiger partial charge in [0.1, 0.15) is 0 Å². The highest BCUT2D eigenvalue weighted by atomic mass is 35.5. The van der Waals surface area contributed by atoms with Gasteiger partial charge in [0, 0.05) is 0 Å². The van der Waals surface area contributed by atoms with E-state index in [0.717, 1.165) is 0 Å². The van der Waals surface area contributed by atoms with Crippen molar-refractivity contribution in [3.8, 4) is 0 Å². The molecule has 46 valence electrons. The van der Waals surface area contributed by atoms with Crippen LogP contribution in [-0.4, -0.2) is 33.9 Å². The van der Waals surface area contributed by atoms with Gasteiger partial charge in [0.2, 0.25) is 0 Å². The summed E-state index contributed by atoms with van der Waals surface area (Å²) in [6.07, 6.45) is 0. The van der Waals surface area contributed by atoms with Crippen molar-refractivity contribution in [1.82, 2.24) is 5.23 Å². The molecule has 0 aromatic heterocycles. The van der Waals surface area contributed by atoms with Crippen molar-refractivity contribution in [2.24, 2.45) is 0 Å². The molecule has 0 aliphatic carbocycles. The van der Waals surface area contributed by atoms with E-state index in [1.54, 1.807) is 0 Å². The molecule has 0 fully saturated rings. The zero-order chi connectivity index (χ0) is 4.99. The van der Waals surface area contributed by atoms with Crippen LogP contribution in [0.15, 0.2) is 0 Å². The first-order valence-corrected chi connectivity index (χ1v) is 1.53. The number of aliphatic hydroxyl groups is 1. The first kappa shape index (κ1) is 10.2. The molecular weight excluding hydrogens is 121 g/mol. The van der Waals surface area contributed by atoms with E-state index in [4.69, 9.17) is 15.5 Å². The minimum Gasteiger partial charge on any atom is -0.395 e. The fraction of sp³-hybridized carbons (Fsp3) is 1.00. The monoisotopic (exact) mass is 129 g/mol. The molecular formula is C2H8ClNO3. The molecule has 0 radical (unpaired) electrons. The van der Waals surface area contributed by atoms with Gasteiger partial charge in [0.25, 0.3) is 0 Å². The smallest absolute Gasteiger partial charge is 0.0744 e. The summed E-state index contributed by atoms with van der Waals surface area (Å²) in [6, 6.07) is 0.